The standard InChI is InChI=1S/C14H21N3O4/c1-13(2,21-3)7-10(18)17-14(5-4-6-14)12-15-8-9(16-12)11(19)20/h8H,4-7H2,1-3H3,(H,15,16)(H,17,18)(H,19,20). The van der Waals surface area contributed by atoms with Gasteiger partial charge in [0.1, 0.15) is 11.5 Å². The molecule has 1 amide bonds. The van der Waals surface area contributed by atoms with E-state index in [1.54, 1.807) is 7.11 Å². The van der Waals surface area contributed by atoms with Crippen LogP contribution in [0.3, 0.4) is 0 Å². The van der Waals surface area contributed by atoms with Crippen LogP contribution < -0.4 is 5.32 Å². The van der Waals surface area contributed by atoms with Crippen LogP contribution in [0.4, 0.5) is 0 Å². The molecule has 1 saturated carbocycles. The highest BCUT2D eigenvalue weighted by atomic mass is 16.5. The second-order valence-corrected chi connectivity index (χ2v) is 6.08. The minimum atomic E-state index is -1.06. The maximum atomic E-state index is 12.2. The minimum Gasteiger partial charge on any atom is -0.477 e. The Morgan fingerprint density at radius 1 is 1.52 bits per heavy atom. The van der Waals surface area contributed by atoms with Crippen molar-refractivity contribution in [1.82, 2.24) is 15.3 Å². The van der Waals surface area contributed by atoms with Crippen molar-refractivity contribution in [2.24, 2.45) is 0 Å². The molecule has 2 rings (SSSR count). The number of methoxy groups -OCH3 is 1. The zero-order valence-corrected chi connectivity index (χ0v) is 12.5. The van der Waals surface area contributed by atoms with Gasteiger partial charge in [0.15, 0.2) is 0 Å². The number of imidazole rings is 1. The first-order valence-corrected chi connectivity index (χ1v) is 6.93. The number of carbonyl (C=O) groups is 2. The van der Waals surface area contributed by atoms with Gasteiger partial charge in [-0.1, -0.05) is 0 Å². The number of H-pyrrole nitrogens is 1. The smallest absolute Gasteiger partial charge is 0.353 e. The van der Waals surface area contributed by atoms with Crippen molar-refractivity contribution in [2.45, 2.75) is 50.7 Å². The Kier molecular flexibility index (Phi) is 4.04. The van der Waals surface area contributed by atoms with Crippen molar-refractivity contribution in [3.63, 3.8) is 0 Å². The second kappa shape index (κ2) is 5.48. The van der Waals surface area contributed by atoms with Crippen LogP contribution in [0.5, 0.6) is 0 Å². The van der Waals surface area contributed by atoms with Crippen LogP contribution in [0.2, 0.25) is 0 Å². The molecular weight excluding hydrogens is 274 g/mol. The molecule has 0 aromatic carbocycles. The van der Waals surface area contributed by atoms with Crippen LogP contribution in [-0.4, -0.2) is 39.7 Å². The number of nitrogens with one attached hydrogen (secondary N) is 2. The lowest BCUT2D eigenvalue weighted by Crippen LogP contribution is -2.52. The van der Waals surface area contributed by atoms with Gasteiger partial charge in [-0.15, -0.1) is 0 Å². The summed E-state index contributed by atoms with van der Waals surface area (Å²) in [6.07, 6.45) is 3.98. The number of amides is 1. The van der Waals surface area contributed by atoms with Gasteiger partial charge in [-0.2, -0.15) is 0 Å². The summed E-state index contributed by atoms with van der Waals surface area (Å²) < 4.78 is 5.25. The normalized spacial score (nSPS) is 17.1. The van der Waals surface area contributed by atoms with Crippen LogP contribution in [0, 0.1) is 0 Å². The number of nitrogens with zero attached hydrogens (tertiary/aromatic N) is 1. The third kappa shape index (κ3) is 3.24. The molecular formula is C14H21N3O4. The summed E-state index contributed by atoms with van der Waals surface area (Å²) in [7, 11) is 1.57. The maximum absolute atomic E-state index is 12.2. The Hall–Kier alpha value is -1.89. The van der Waals surface area contributed by atoms with Gasteiger partial charge in [-0.05, 0) is 33.1 Å². The lowest BCUT2D eigenvalue weighted by Gasteiger charge is -2.41. The molecule has 1 aliphatic carbocycles. The first kappa shape index (κ1) is 15.5. The molecule has 3 N–H and O–H groups in total. The van der Waals surface area contributed by atoms with Crippen LogP contribution in [0.1, 0.15) is 55.8 Å². The number of carboxylic acids is 1. The van der Waals surface area contributed by atoms with Crippen molar-refractivity contribution in [3.05, 3.63) is 17.7 Å². The zero-order valence-electron chi connectivity index (χ0n) is 12.5. The molecule has 7 heteroatoms. The summed E-state index contributed by atoms with van der Waals surface area (Å²) in [4.78, 5) is 30.0. The molecule has 7 nitrogen and oxygen atoms in total. The number of aromatic nitrogens is 2. The molecule has 0 spiro atoms. The number of carbonyl (C=O) groups excluding carboxylic acids is 1. The van der Waals surface area contributed by atoms with E-state index in [-0.39, 0.29) is 18.0 Å². The van der Waals surface area contributed by atoms with Gasteiger partial charge < -0.3 is 20.1 Å². The van der Waals surface area contributed by atoms with E-state index >= 15 is 0 Å². The van der Waals surface area contributed by atoms with Gasteiger partial charge in [0.05, 0.1) is 23.8 Å². The Morgan fingerprint density at radius 2 is 2.19 bits per heavy atom. The number of hydrogen-bond donors (Lipinski definition) is 3. The average Bonchev–Trinajstić information content (AvgIpc) is 2.83. The van der Waals surface area contributed by atoms with E-state index in [4.69, 9.17) is 9.84 Å². The van der Waals surface area contributed by atoms with Gasteiger partial charge >= 0.3 is 5.97 Å². The molecule has 1 aromatic rings. The molecule has 1 aliphatic rings. The number of ether oxygens (including phenoxy) is 1. The molecule has 0 saturated heterocycles. The van der Waals surface area contributed by atoms with Crippen LogP contribution in [0.25, 0.3) is 0 Å². The summed E-state index contributed by atoms with van der Waals surface area (Å²) in [5.41, 5.74) is -1.08. The molecule has 21 heavy (non-hydrogen) atoms. The van der Waals surface area contributed by atoms with E-state index in [1.807, 2.05) is 13.8 Å². The van der Waals surface area contributed by atoms with Gasteiger partial charge in [-0.25, -0.2) is 9.78 Å². The SMILES string of the molecule is COC(C)(C)CC(=O)NC1(c2ncc(C(=O)O)[nH]2)CCC1. The Balaban J connectivity index is 2.11. The van der Waals surface area contributed by atoms with Gasteiger partial charge in [0.2, 0.25) is 5.91 Å². The van der Waals surface area contributed by atoms with Crippen molar-refractivity contribution in [3.8, 4) is 0 Å². The highest BCUT2D eigenvalue weighted by Crippen LogP contribution is 2.40. The van der Waals surface area contributed by atoms with Crippen LogP contribution in [0.15, 0.2) is 6.20 Å². The van der Waals surface area contributed by atoms with E-state index in [9.17, 15) is 9.59 Å². The zero-order chi connectivity index (χ0) is 15.7. The van der Waals surface area contributed by atoms with Crippen molar-refractivity contribution < 1.29 is 19.4 Å². The van der Waals surface area contributed by atoms with Crippen molar-refractivity contribution in [2.75, 3.05) is 7.11 Å². The highest BCUT2D eigenvalue weighted by Gasteiger charge is 2.43. The van der Waals surface area contributed by atoms with E-state index in [0.717, 1.165) is 19.3 Å². The fourth-order valence-electron chi connectivity index (χ4n) is 2.39. The second-order valence-electron chi connectivity index (χ2n) is 6.08. The third-order valence-corrected chi connectivity index (χ3v) is 3.98. The molecule has 0 atom stereocenters. The summed E-state index contributed by atoms with van der Waals surface area (Å²) >= 11 is 0. The molecule has 0 aliphatic heterocycles. The van der Waals surface area contributed by atoms with Gasteiger partial charge in [-0.3, -0.25) is 4.79 Å². The van der Waals surface area contributed by atoms with Crippen molar-refractivity contribution >= 4 is 11.9 Å². The number of hydrogen-bond acceptors (Lipinski definition) is 4. The first-order valence-electron chi connectivity index (χ1n) is 6.93. The maximum Gasteiger partial charge on any atom is 0.353 e. The number of aromatic carboxylic acids is 1. The number of carboxylic acid groups (broad SMARTS) is 1. The monoisotopic (exact) mass is 295 g/mol. The predicted molar refractivity (Wildman–Crippen MR) is 74.9 cm³/mol. The third-order valence-electron chi connectivity index (χ3n) is 3.98. The predicted octanol–water partition coefficient (Wildman–Crippen LogP) is 1.42. The van der Waals surface area contributed by atoms with Gasteiger partial charge in [0, 0.05) is 7.11 Å². The number of rotatable bonds is 6. The van der Waals surface area contributed by atoms with Crippen molar-refractivity contribution in [1.29, 1.82) is 0 Å². The molecule has 0 radical (unpaired) electrons. The largest absolute Gasteiger partial charge is 0.477 e. The van der Waals surface area contributed by atoms with E-state index in [1.165, 1.54) is 6.20 Å². The van der Waals surface area contributed by atoms with Crippen LogP contribution in [-0.2, 0) is 15.1 Å². The first-order chi connectivity index (χ1) is 9.78. The Morgan fingerprint density at radius 3 is 2.62 bits per heavy atom. The molecule has 116 valence electrons. The summed E-state index contributed by atoms with van der Waals surface area (Å²) in [6.45, 7) is 3.69. The van der Waals surface area contributed by atoms with E-state index in [0.29, 0.717) is 5.82 Å². The van der Waals surface area contributed by atoms with Gasteiger partial charge in [0.25, 0.3) is 0 Å². The summed E-state index contributed by atoms with van der Waals surface area (Å²) in [5, 5.41) is 11.9. The molecule has 1 fully saturated rings. The molecule has 0 bridgehead atoms. The Labute approximate surface area is 123 Å². The summed E-state index contributed by atoms with van der Waals surface area (Å²) in [5.74, 6) is -0.681. The molecule has 1 heterocycles. The Bertz CT molecular complexity index is 546. The lowest BCUT2D eigenvalue weighted by atomic mass is 9.75. The fourth-order valence-corrected chi connectivity index (χ4v) is 2.39. The summed E-state index contributed by atoms with van der Waals surface area (Å²) in [6, 6.07) is 0. The lowest BCUT2D eigenvalue weighted by molar-refractivity contribution is -0.129. The fraction of sp³-hybridized carbons (Fsp3) is 0.643. The minimum absolute atomic E-state index is 0.0303. The topological polar surface area (TPSA) is 104 Å². The van der Waals surface area contributed by atoms with E-state index in [2.05, 4.69) is 15.3 Å². The highest BCUT2D eigenvalue weighted by molar-refractivity contribution is 5.85. The average molecular weight is 295 g/mol. The number of aromatic amines is 1. The van der Waals surface area contributed by atoms with Crippen LogP contribution >= 0.6 is 0 Å². The quantitative estimate of drug-likeness (QED) is 0.736. The molecule has 0 unspecified atom stereocenters. The van der Waals surface area contributed by atoms with E-state index < -0.39 is 17.1 Å². The molecule has 1 aromatic heterocycles.